The Labute approximate surface area is 422 Å². The molecular weight excluding hydrogens is 867 g/mol. The molecule has 0 saturated heterocycles. The summed E-state index contributed by atoms with van der Waals surface area (Å²) in [5.74, 6) is 0. The van der Waals surface area contributed by atoms with Crippen molar-refractivity contribution in [1.82, 2.24) is 0 Å². The lowest BCUT2D eigenvalue weighted by Gasteiger charge is -2.35. The second-order valence-electron chi connectivity index (χ2n) is 20.7. The van der Waals surface area contributed by atoms with Crippen LogP contribution in [0.1, 0.15) is 58.4 Å². The van der Waals surface area contributed by atoms with Gasteiger partial charge in [-0.05, 0) is 171 Å². The van der Waals surface area contributed by atoms with Gasteiger partial charge in [0.05, 0.1) is 5.41 Å². The zero-order valence-corrected chi connectivity index (χ0v) is 40.3. The molecule has 0 heterocycles. The van der Waals surface area contributed by atoms with Gasteiger partial charge in [0, 0.05) is 22.5 Å². The molecule has 0 fully saturated rings. The van der Waals surface area contributed by atoms with Gasteiger partial charge in [-0.15, -0.1) is 0 Å². The molecule has 15 rings (SSSR count). The highest BCUT2D eigenvalue weighted by atomic mass is 15.1. The van der Waals surface area contributed by atoms with E-state index in [9.17, 15) is 0 Å². The van der Waals surface area contributed by atoms with Crippen molar-refractivity contribution in [1.29, 1.82) is 0 Å². The standard InChI is InChI=1S/C71H49N/c1-70(2)64-29-11-7-25-59(64)61-40-38-51(44-68(61)70)72(49-36-33-45(34-37-49)52-27-16-28-54-53-20-4-3-17-48(53)42-63(52)54)50-19-15-18-46(41-50)47-35-39-62-60-26-10-14-32-67(60)71(69(62)43-47)65-30-12-8-23-57(65)55-21-5-6-22-56(55)58-24-9-13-31-66(58)71/h3-41,43-44H,42H2,1-2H3. The van der Waals surface area contributed by atoms with Crippen LogP contribution in [0.4, 0.5) is 17.1 Å². The normalized spacial score (nSPS) is 14.1. The monoisotopic (exact) mass is 915 g/mol. The third-order valence-corrected chi connectivity index (χ3v) is 16.8. The summed E-state index contributed by atoms with van der Waals surface area (Å²) in [4.78, 5) is 2.47. The Morgan fingerprint density at radius 2 is 0.722 bits per heavy atom. The van der Waals surface area contributed by atoms with E-state index in [0.717, 1.165) is 23.5 Å². The topological polar surface area (TPSA) is 3.24 Å². The van der Waals surface area contributed by atoms with Gasteiger partial charge in [0.1, 0.15) is 0 Å². The van der Waals surface area contributed by atoms with E-state index < -0.39 is 5.41 Å². The zero-order chi connectivity index (χ0) is 47.7. The maximum atomic E-state index is 2.52. The molecule has 11 aromatic rings. The molecule has 72 heavy (non-hydrogen) atoms. The van der Waals surface area contributed by atoms with E-state index in [-0.39, 0.29) is 5.41 Å². The van der Waals surface area contributed by atoms with Crippen molar-refractivity contribution in [2.24, 2.45) is 0 Å². The largest absolute Gasteiger partial charge is 0.310 e. The fourth-order valence-corrected chi connectivity index (χ4v) is 13.5. The first-order chi connectivity index (χ1) is 35.5. The Hall–Kier alpha value is -8.78. The maximum absolute atomic E-state index is 2.52. The fraction of sp³-hybridized carbons (Fsp3) is 0.0704. The molecule has 1 spiro atoms. The van der Waals surface area contributed by atoms with Crippen molar-refractivity contribution < 1.29 is 0 Å². The molecule has 0 N–H and O–H groups in total. The predicted octanol–water partition coefficient (Wildman–Crippen LogP) is 18.4. The Morgan fingerprint density at radius 1 is 0.278 bits per heavy atom. The van der Waals surface area contributed by atoms with Crippen molar-refractivity contribution in [2.75, 3.05) is 4.90 Å². The van der Waals surface area contributed by atoms with E-state index in [4.69, 9.17) is 0 Å². The van der Waals surface area contributed by atoms with E-state index in [2.05, 4.69) is 267 Å². The summed E-state index contributed by atoms with van der Waals surface area (Å²) in [6.45, 7) is 4.75. The van der Waals surface area contributed by atoms with Crippen LogP contribution in [0.3, 0.4) is 0 Å². The van der Waals surface area contributed by atoms with Crippen molar-refractivity contribution in [3.8, 4) is 77.9 Å². The number of fused-ring (bicyclic) bond motifs is 18. The number of benzene rings is 11. The molecule has 0 radical (unpaired) electrons. The minimum atomic E-state index is -0.546. The van der Waals surface area contributed by atoms with Crippen molar-refractivity contribution >= 4 is 17.1 Å². The highest BCUT2D eigenvalue weighted by Gasteiger charge is 2.49. The Kier molecular flexibility index (Phi) is 8.76. The lowest BCUT2D eigenvalue weighted by atomic mass is 9.65. The number of rotatable bonds is 5. The van der Waals surface area contributed by atoms with Crippen LogP contribution in [-0.2, 0) is 17.3 Å². The second kappa shape index (κ2) is 15.4. The summed E-state index contributed by atoms with van der Waals surface area (Å²) in [6, 6.07) is 94.0. The summed E-state index contributed by atoms with van der Waals surface area (Å²) >= 11 is 0. The third kappa shape index (κ3) is 5.71. The maximum Gasteiger partial charge on any atom is 0.0725 e. The number of nitrogens with zero attached hydrogens (tertiary/aromatic N) is 1. The van der Waals surface area contributed by atoms with Crippen LogP contribution < -0.4 is 4.90 Å². The van der Waals surface area contributed by atoms with E-state index >= 15 is 0 Å². The fourth-order valence-electron chi connectivity index (χ4n) is 13.5. The number of hydrogen-bond donors (Lipinski definition) is 0. The zero-order valence-electron chi connectivity index (χ0n) is 40.3. The van der Waals surface area contributed by atoms with Gasteiger partial charge in [-0.1, -0.05) is 220 Å². The first-order valence-electron chi connectivity index (χ1n) is 25.5. The molecule has 1 heteroatoms. The summed E-state index contributed by atoms with van der Waals surface area (Å²) < 4.78 is 0. The average Bonchev–Trinajstić information content (AvgIpc) is 4.02. The highest BCUT2D eigenvalue weighted by Crippen LogP contribution is 2.62. The summed E-state index contributed by atoms with van der Waals surface area (Å²) in [5.41, 5.74) is 31.5. The van der Waals surface area contributed by atoms with Crippen molar-refractivity contribution in [3.05, 3.63) is 293 Å². The summed E-state index contributed by atoms with van der Waals surface area (Å²) in [5, 5.41) is 0. The molecule has 0 unspecified atom stereocenters. The lowest BCUT2D eigenvalue weighted by molar-refractivity contribution is 0.660. The molecule has 0 amide bonds. The van der Waals surface area contributed by atoms with Gasteiger partial charge < -0.3 is 4.90 Å². The van der Waals surface area contributed by atoms with Gasteiger partial charge in [0.2, 0.25) is 0 Å². The molecule has 11 aromatic carbocycles. The first kappa shape index (κ1) is 41.0. The molecule has 4 aliphatic rings. The van der Waals surface area contributed by atoms with Crippen LogP contribution >= 0.6 is 0 Å². The molecular formula is C71H49N. The molecule has 0 aliphatic heterocycles. The molecule has 0 atom stereocenters. The summed E-state index contributed by atoms with van der Waals surface area (Å²) in [6.07, 6.45) is 0.957. The van der Waals surface area contributed by atoms with E-state index in [1.165, 1.54) is 122 Å². The van der Waals surface area contributed by atoms with E-state index in [1.54, 1.807) is 0 Å². The Bertz CT molecular complexity index is 3990. The number of hydrogen-bond acceptors (Lipinski definition) is 1. The van der Waals surface area contributed by atoms with Gasteiger partial charge >= 0.3 is 0 Å². The molecule has 4 aliphatic carbocycles. The van der Waals surface area contributed by atoms with Gasteiger partial charge in [-0.2, -0.15) is 0 Å². The van der Waals surface area contributed by atoms with Crippen LogP contribution in [0, 0.1) is 0 Å². The van der Waals surface area contributed by atoms with E-state index in [1.807, 2.05) is 0 Å². The highest BCUT2D eigenvalue weighted by molar-refractivity contribution is 5.98. The SMILES string of the molecule is CC1(C)c2ccccc2-c2ccc(N(c3ccc(-c4cccc5c4Cc4ccccc4-5)cc3)c3cccc(-c4ccc5c(c4)C4(c6ccccc6-c6ccccc6-c6ccccc64)c4ccccc4-5)c3)cc21. The second-order valence-corrected chi connectivity index (χ2v) is 20.7. The minimum Gasteiger partial charge on any atom is -0.310 e. The van der Waals surface area contributed by atoms with Gasteiger partial charge in [0.15, 0.2) is 0 Å². The third-order valence-electron chi connectivity index (χ3n) is 16.8. The molecule has 0 aromatic heterocycles. The molecule has 0 saturated carbocycles. The minimum absolute atomic E-state index is 0.140. The van der Waals surface area contributed by atoms with Gasteiger partial charge in [-0.3, -0.25) is 0 Å². The predicted molar refractivity (Wildman–Crippen MR) is 300 cm³/mol. The smallest absolute Gasteiger partial charge is 0.0725 e. The van der Waals surface area contributed by atoms with Gasteiger partial charge in [0.25, 0.3) is 0 Å². The van der Waals surface area contributed by atoms with Crippen molar-refractivity contribution in [2.45, 2.75) is 31.1 Å². The molecule has 0 bridgehead atoms. The van der Waals surface area contributed by atoms with Crippen LogP contribution in [0.25, 0.3) is 77.9 Å². The average molecular weight is 916 g/mol. The quantitative estimate of drug-likeness (QED) is 0.166. The van der Waals surface area contributed by atoms with Gasteiger partial charge in [-0.25, -0.2) is 0 Å². The van der Waals surface area contributed by atoms with Crippen LogP contribution in [0.5, 0.6) is 0 Å². The van der Waals surface area contributed by atoms with Crippen LogP contribution in [-0.4, -0.2) is 0 Å². The molecule has 1 nitrogen and oxygen atoms in total. The van der Waals surface area contributed by atoms with Crippen LogP contribution in [0.15, 0.2) is 249 Å². The van der Waals surface area contributed by atoms with Crippen molar-refractivity contribution in [3.63, 3.8) is 0 Å². The first-order valence-corrected chi connectivity index (χ1v) is 25.5. The Morgan fingerprint density at radius 3 is 1.40 bits per heavy atom. The van der Waals surface area contributed by atoms with Crippen LogP contribution in [0.2, 0.25) is 0 Å². The Balaban J connectivity index is 0.900. The lowest BCUT2D eigenvalue weighted by Crippen LogP contribution is -2.29. The molecule has 338 valence electrons. The number of anilines is 3. The van der Waals surface area contributed by atoms with E-state index in [0.29, 0.717) is 0 Å². The summed E-state index contributed by atoms with van der Waals surface area (Å²) in [7, 11) is 0.